The Bertz CT molecular complexity index is 161. The molecule has 0 bridgehead atoms. The van der Waals surface area contributed by atoms with Crippen molar-refractivity contribution in [1.29, 1.82) is 0 Å². The van der Waals surface area contributed by atoms with Gasteiger partial charge >= 0.3 is 0 Å². The summed E-state index contributed by atoms with van der Waals surface area (Å²) in [5.41, 5.74) is 0. The molecule has 1 aliphatic carbocycles. The van der Waals surface area contributed by atoms with Crippen molar-refractivity contribution >= 4 is 0 Å². The normalized spacial score (nSPS) is 19.6. The van der Waals surface area contributed by atoms with Crippen molar-refractivity contribution in [3.8, 4) is 0 Å². The zero-order valence-corrected chi connectivity index (χ0v) is 6.87. The summed E-state index contributed by atoms with van der Waals surface area (Å²) in [7, 11) is 0. The Morgan fingerprint density at radius 3 is 2.55 bits per heavy atom. The molecule has 0 saturated heterocycles. The fourth-order valence-electron chi connectivity index (χ4n) is 1.04. The number of allylic oxidation sites excluding steroid dienone is 6. The summed E-state index contributed by atoms with van der Waals surface area (Å²) in [6, 6.07) is 0. The quantitative estimate of drug-likeness (QED) is 0.492. The van der Waals surface area contributed by atoms with Crippen LogP contribution in [0.3, 0.4) is 0 Å². The van der Waals surface area contributed by atoms with Crippen LogP contribution in [0.5, 0.6) is 0 Å². The van der Waals surface area contributed by atoms with E-state index in [2.05, 4.69) is 42.9 Å². The molecule has 0 aliphatic heterocycles. The van der Waals surface area contributed by atoms with Crippen LogP contribution in [-0.4, -0.2) is 0 Å². The van der Waals surface area contributed by atoms with Crippen molar-refractivity contribution in [2.45, 2.75) is 25.7 Å². The number of rotatable bonds is 0. The molecule has 0 amide bonds. The van der Waals surface area contributed by atoms with Crippen LogP contribution in [0.2, 0.25) is 0 Å². The minimum atomic E-state index is 1.06. The first-order valence-electron chi connectivity index (χ1n) is 4.30. The van der Waals surface area contributed by atoms with Crippen molar-refractivity contribution in [1.82, 2.24) is 0 Å². The summed E-state index contributed by atoms with van der Waals surface area (Å²) >= 11 is 0. The lowest BCUT2D eigenvalue weighted by Gasteiger charge is -1.90. The Balaban J connectivity index is 2.35. The molecule has 0 aromatic heterocycles. The third-order valence-electron chi connectivity index (χ3n) is 1.67. The van der Waals surface area contributed by atoms with E-state index in [0.29, 0.717) is 0 Å². The van der Waals surface area contributed by atoms with Crippen molar-refractivity contribution in [2.24, 2.45) is 0 Å². The molecule has 0 saturated carbocycles. The molecule has 0 fully saturated rings. The largest absolute Gasteiger partial charge is 0.0845 e. The van der Waals surface area contributed by atoms with Crippen LogP contribution in [0.1, 0.15) is 25.7 Å². The zero-order valence-electron chi connectivity index (χ0n) is 6.87. The second-order valence-corrected chi connectivity index (χ2v) is 2.69. The van der Waals surface area contributed by atoms with Gasteiger partial charge in [-0.2, -0.15) is 0 Å². The molecule has 1 radical (unpaired) electrons. The average Bonchev–Trinajstić information content (AvgIpc) is 2.08. The lowest BCUT2D eigenvalue weighted by molar-refractivity contribution is 0.843. The molecule has 0 aromatic rings. The van der Waals surface area contributed by atoms with Crippen LogP contribution < -0.4 is 0 Å². The molecule has 0 spiro atoms. The van der Waals surface area contributed by atoms with Gasteiger partial charge in [0.05, 0.1) is 0 Å². The number of hydrogen-bond donors (Lipinski definition) is 0. The molecule has 0 N–H and O–H groups in total. The first kappa shape index (κ1) is 8.32. The standard InChI is InChI=1S/C11H15/c1-2-4-6-8-10-11-9-7-5-3-1/h1-4,7,9,11H,5-6,8,10H2. The van der Waals surface area contributed by atoms with E-state index >= 15 is 0 Å². The Morgan fingerprint density at radius 2 is 1.55 bits per heavy atom. The van der Waals surface area contributed by atoms with Crippen LogP contribution >= 0.6 is 0 Å². The predicted octanol–water partition coefficient (Wildman–Crippen LogP) is 3.43. The van der Waals surface area contributed by atoms with Crippen LogP contribution in [-0.2, 0) is 0 Å². The second-order valence-electron chi connectivity index (χ2n) is 2.69. The van der Waals surface area contributed by atoms with Gasteiger partial charge in [0.1, 0.15) is 0 Å². The van der Waals surface area contributed by atoms with Gasteiger partial charge < -0.3 is 0 Å². The predicted molar refractivity (Wildman–Crippen MR) is 50.2 cm³/mol. The smallest absolute Gasteiger partial charge is 0.0166 e. The average molecular weight is 147 g/mol. The monoisotopic (exact) mass is 147 g/mol. The highest BCUT2D eigenvalue weighted by Crippen LogP contribution is 2.02. The van der Waals surface area contributed by atoms with Crippen molar-refractivity contribution in [3.63, 3.8) is 0 Å². The van der Waals surface area contributed by atoms with Crippen LogP contribution in [0.25, 0.3) is 0 Å². The van der Waals surface area contributed by atoms with Gasteiger partial charge in [-0.25, -0.2) is 0 Å². The van der Waals surface area contributed by atoms with Gasteiger partial charge in [-0.15, -0.1) is 0 Å². The Morgan fingerprint density at radius 1 is 0.727 bits per heavy atom. The second kappa shape index (κ2) is 5.96. The van der Waals surface area contributed by atoms with Gasteiger partial charge in [-0.05, 0) is 32.1 Å². The van der Waals surface area contributed by atoms with Gasteiger partial charge in [-0.3, -0.25) is 0 Å². The third-order valence-corrected chi connectivity index (χ3v) is 1.67. The molecular weight excluding hydrogens is 132 g/mol. The van der Waals surface area contributed by atoms with E-state index < -0.39 is 0 Å². The van der Waals surface area contributed by atoms with E-state index in [1.165, 1.54) is 19.3 Å². The van der Waals surface area contributed by atoms with E-state index in [4.69, 9.17) is 0 Å². The molecular formula is C11H15. The Kier molecular flexibility index (Phi) is 4.51. The van der Waals surface area contributed by atoms with E-state index in [1.807, 2.05) is 0 Å². The molecule has 1 aliphatic rings. The van der Waals surface area contributed by atoms with E-state index in [1.54, 1.807) is 0 Å². The summed E-state index contributed by atoms with van der Waals surface area (Å²) in [4.78, 5) is 0. The summed E-state index contributed by atoms with van der Waals surface area (Å²) in [5.74, 6) is 0. The van der Waals surface area contributed by atoms with Crippen molar-refractivity contribution in [3.05, 3.63) is 42.9 Å². The van der Waals surface area contributed by atoms with Crippen LogP contribution in [0, 0.1) is 6.42 Å². The fourth-order valence-corrected chi connectivity index (χ4v) is 1.04. The van der Waals surface area contributed by atoms with Crippen LogP contribution in [0.4, 0.5) is 0 Å². The van der Waals surface area contributed by atoms with E-state index in [0.717, 1.165) is 6.42 Å². The first-order valence-corrected chi connectivity index (χ1v) is 4.30. The SMILES string of the molecule is [CH]1C=CCC=CC=CCCC1. The van der Waals surface area contributed by atoms with Crippen molar-refractivity contribution in [2.75, 3.05) is 0 Å². The molecule has 0 heterocycles. The highest BCUT2D eigenvalue weighted by atomic mass is 13.9. The van der Waals surface area contributed by atoms with E-state index in [9.17, 15) is 0 Å². The zero-order chi connectivity index (χ0) is 7.78. The van der Waals surface area contributed by atoms with Gasteiger partial charge in [-0.1, -0.05) is 36.5 Å². The Labute approximate surface area is 69.3 Å². The van der Waals surface area contributed by atoms with Gasteiger partial charge in [0.15, 0.2) is 0 Å². The fraction of sp³-hybridized carbons (Fsp3) is 0.364. The molecule has 0 nitrogen and oxygen atoms in total. The minimum Gasteiger partial charge on any atom is -0.0845 e. The van der Waals surface area contributed by atoms with E-state index in [-0.39, 0.29) is 0 Å². The molecule has 0 unspecified atom stereocenters. The van der Waals surface area contributed by atoms with Crippen LogP contribution in [0.15, 0.2) is 36.5 Å². The summed E-state index contributed by atoms with van der Waals surface area (Å²) in [5, 5.41) is 0. The lowest BCUT2D eigenvalue weighted by Crippen LogP contribution is -1.72. The highest BCUT2D eigenvalue weighted by Gasteiger charge is 1.83. The van der Waals surface area contributed by atoms with Gasteiger partial charge in [0, 0.05) is 0 Å². The maximum atomic E-state index is 2.24. The Hall–Kier alpha value is -0.780. The molecule has 0 aromatic carbocycles. The molecule has 0 atom stereocenters. The van der Waals surface area contributed by atoms with Gasteiger partial charge in [0.25, 0.3) is 0 Å². The maximum Gasteiger partial charge on any atom is -0.0166 e. The number of hydrogen-bond acceptors (Lipinski definition) is 0. The molecule has 0 heteroatoms. The third kappa shape index (κ3) is 4.60. The van der Waals surface area contributed by atoms with Crippen molar-refractivity contribution < 1.29 is 0 Å². The minimum absolute atomic E-state index is 1.06. The topological polar surface area (TPSA) is 0 Å². The molecule has 1 rings (SSSR count). The van der Waals surface area contributed by atoms with Gasteiger partial charge in [0.2, 0.25) is 0 Å². The molecule has 11 heavy (non-hydrogen) atoms. The molecule has 59 valence electrons. The lowest BCUT2D eigenvalue weighted by atomic mass is 10.2. The highest BCUT2D eigenvalue weighted by molar-refractivity contribution is 5.07. The summed E-state index contributed by atoms with van der Waals surface area (Å²) in [6.45, 7) is 0. The summed E-state index contributed by atoms with van der Waals surface area (Å²) in [6.07, 6.45) is 20.0. The maximum absolute atomic E-state index is 2.24. The summed E-state index contributed by atoms with van der Waals surface area (Å²) < 4.78 is 0. The first-order chi connectivity index (χ1) is 5.50.